The molecule has 0 saturated carbocycles. The van der Waals surface area contributed by atoms with E-state index < -0.39 is 10.0 Å². The third-order valence-electron chi connectivity index (χ3n) is 1.84. The van der Waals surface area contributed by atoms with Crippen LogP contribution in [-0.2, 0) is 17.1 Å². The van der Waals surface area contributed by atoms with Crippen LogP contribution < -0.4 is 4.72 Å². The van der Waals surface area contributed by atoms with Gasteiger partial charge in [0.15, 0.2) is 0 Å². The number of sulfonamides is 1. The lowest BCUT2D eigenvalue weighted by Gasteiger charge is -2.01. The largest absolute Gasteiger partial charge is 0.276 e. The highest BCUT2D eigenvalue weighted by Gasteiger charge is 2.19. The van der Waals surface area contributed by atoms with Crippen molar-refractivity contribution in [3.8, 4) is 0 Å². The highest BCUT2D eigenvalue weighted by atomic mass is 79.9. The molecule has 92 valence electrons. The zero-order valence-electron chi connectivity index (χ0n) is 8.52. The van der Waals surface area contributed by atoms with Gasteiger partial charge in [-0.2, -0.15) is 5.10 Å². The van der Waals surface area contributed by atoms with E-state index in [0.29, 0.717) is 14.5 Å². The molecule has 0 bridgehead atoms. The van der Waals surface area contributed by atoms with Crippen molar-refractivity contribution in [3.05, 3.63) is 27.3 Å². The number of halogens is 2. The van der Waals surface area contributed by atoms with Crippen LogP contribution in [0.4, 0.5) is 5.69 Å². The normalized spacial score (nSPS) is 11.7. The van der Waals surface area contributed by atoms with Gasteiger partial charge in [-0.15, -0.1) is 11.3 Å². The molecule has 0 unspecified atom stereocenters. The fourth-order valence-corrected chi connectivity index (χ4v) is 4.56. The van der Waals surface area contributed by atoms with E-state index in [9.17, 15) is 8.42 Å². The van der Waals surface area contributed by atoms with Crippen molar-refractivity contribution in [2.45, 2.75) is 4.21 Å². The highest BCUT2D eigenvalue weighted by Crippen LogP contribution is 2.35. The lowest BCUT2D eigenvalue weighted by Crippen LogP contribution is -2.10. The molecule has 0 aliphatic rings. The molecule has 5 nitrogen and oxygen atoms in total. The second-order valence-corrected chi connectivity index (χ2v) is 7.88. The average Bonchev–Trinajstić information content (AvgIpc) is 2.75. The Morgan fingerprint density at radius 2 is 2.29 bits per heavy atom. The highest BCUT2D eigenvalue weighted by molar-refractivity contribution is 9.11. The standard InChI is InChI=1S/C8H7BrClN3O2S2/c1-13-4-5(3-11-13)12-17(14,15)7-2-6(10)8(9)16-7/h2-4,12H,1H3. The first-order valence-corrected chi connectivity index (χ1v) is 7.82. The van der Waals surface area contributed by atoms with Crippen LogP contribution in [0.3, 0.4) is 0 Å². The van der Waals surface area contributed by atoms with Gasteiger partial charge in [-0.25, -0.2) is 8.42 Å². The summed E-state index contributed by atoms with van der Waals surface area (Å²) >= 11 is 10.0. The van der Waals surface area contributed by atoms with E-state index in [4.69, 9.17) is 11.6 Å². The summed E-state index contributed by atoms with van der Waals surface area (Å²) in [6, 6.07) is 1.40. The number of nitrogens with zero attached hydrogens (tertiary/aromatic N) is 2. The maximum Gasteiger partial charge on any atom is 0.271 e. The molecule has 0 amide bonds. The fourth-order valence-electron chi connectivity index (χ4n) is 1.14. The molecule has 17 heavy (non-hydrogen) atoms. The van der Waals surface area contributed by atoms with E-state index in [1.807, 2.05) is 0 Å². The summed E-state index contributed by atoms with van der Waals surface area (Å²) in [5.74, 6) is 0. The predicted octanol–water partition coefficient (Wildman–Crippen LogP) is 2.70. The fraction of sp³-hybridized carbons (Fsp3) is 0.125. The first-order chi connectivity index (χ1) is 7.88. The van der Waals surface area contributed by atoms with Crippen molar-refractivity contribution in [2.75, 3.05) is 4.72 Å². The van der Waals surface area contributed by atoms with Gasteiger partial charge in [0, 0.05) is 13.2 Å². The molecule has 0 aromatic carbocycles. The van der Waals surface area contributed by atoms with Crippen LogP contribution in [0, 0.1) is 0 Å². The van der Waals surface area contributed by atoms with E-state index in [0.717, 1.165) is 11.3 Å². The lowest BCUT2D eigenvalue weighted by molar-refractivity contribution is 0.603. The Bertz CT molecular complexity index is 630. The van der Waals surface area contributed by atoms with Gasteiger partial charge in [0.05, 0.1) is 20.7 Å². The lowest BCUT2D eigenvalue weighted by atomic mass is 10.6. The third kappa shape index (κ3) is 2.82. The number of hydrogen-bond acceptors (Lipinski definition) is 4. The van der Waals surface area contributed by atoms with Gasteiger partial charge in [-0.05, 0) is 22.0 Å². The predicted molar refractivity (Wildman–Crippen MR) is 71.0 cm³/mol. The smallest absolute Gasteiger partial charge is 0.271 e. The summed E-state index contributed by atoms with van der Waals surface area (Å²) < 4.78 is 28.6. The van der Waals surface area contributed by atoms with Gasteiger partial charge in [-0.1, -0.05) is 11.6 Å². The second-order valence-electron chi connectivity index (χ2n) is 3.20. The number of aromatic nitrogens is 2. The molecule has 0 saturated heterocycles. The third-order valence-corrected chi connectivity index (χ3v) is 6.17. The summed E-state index contributed by atoms with van der Waals surface area (Å²) in [4.78, 5) is 0. The number of rotatable bonds is 3. The van der Waals surface area contributed by atoms with Crippen LogP contribution in [0.2, 0.25) is 5.02 Å². The molecule has 2 aromatic heterocycles. The van der Waals surface area contributed by atoms with Gasteiger partial charge >= 0.3 is 0 Å². The molecule has 9 heteroatoms. The van der Waals surface area contributed by atoms with Crippen molar-refractivity contribution < 1.29 is 8.42 Å². The van der Waals surface area contributed by atoms with Crippen molar-refractivity contribution in [1.29, 1.82) is 0 Å². The maximum atomic E-state index is 12.0. The molecule has 0 aliphatic heterocycles. The molecule has 2 rings (SSSR count). The average molecular weight is 357 g/mol. The quantitative estimate of drug-likeness (QED) is 0.919. The molecule has 2 aromatic rings. The van der Waals surface area contributed by atoms with Crippen LogP contribution in [0.1, 0.15) is 0 Å². The first-order valence-electron chi connectivity index (χ1n) is 4.35. The minimum absolute atomic E-state index is 0.151. The van der Waals surface area contributed by atoms with Gasteiger partial charge in [0.1, 0.15) is 4.21 Å². The van der Waals surface area contributed by atoms with Crippen LogP contribution in [-0.4, -0.2) is 18.2 Å². The van der Waals surface area contributed by atoms with Gasteiger partial charge in [0.25, 0.3) is 10.0 Å². The molecular formula is C8H7BrClN3O2S2. The number of hydrogen-bond donors (Lipinski definition) is 1. The monoisotopic (exact) mass is 355 g/mol. The first kappa shape index (κ1) is 12.9. The maximum absolute atomic E-state index is 12.0. The van der Waals surface area contributed by atoms with E-state index >= 15 is 0 Å². The number of anilines is 1. The van der Waals surface area contributed by atoms with Crippen molar-refractivity contribution >= 4 is 54.6 Å². The van der Waals surface area contributed by atoms with Gasteiger partial charge < -0.3 is 0 Å². The molecular weight excluding hydrogens is 350 g/mol. The summed E-state index contributed by atoms with van der Waals surface area (Å²) in [5, 5.41) is 4.25. The summed E-state index contributed by atoms with van der Waals surface area (Å²) in [6.45, 7) is 0. The zero-order chi connectivity index (χ0) is 12.6. The van der Waals surface area contributed by atoms with Gasteiger partial charge in [0.2, 0.25) is 0 Å². The molecule has 0 fully saturated rings. The van der Waals surface area contributed by atoms with Crippen LogP contribution >= 0.6 is 38.9 Å². The van der Waals surface area contributed by atoms with Gasteiger partial charge in [-0.3, -0.25) is 9.40 Å². The topological polar surface area (TPSA) is 64.0 Å². The molecule has 0 atom stereocenters. The van der Waals surface area contributed by atoms with Crippen molar-refractivity contribution in [3.63, 3.8) is 0 Å². The molecule has 2 heterocycles. The van der Waals surface area contributed by atoms with Crippen LogP contribution in [0.25, 0.3) is 0 Å². The minimum atomic E-state index is -3.60. The number of thiophene rings is 1. The minimum Gasteiger partial charge on any atom is -0.276 e. The summed E-state index contributed by atoms with van der Waals surface area (Å²) in [6.07, 6.45) is 3.00. The van der Waals surface area contributed by atoms with E-state index in [2.05, 4.69) is 25.8 Å². The van der Waals surface area contributed by atoms with E-state index in [-0.39, 0.29) is 4.21 Å². The van der Waals surface area contributed by atoms with Crippen LogP contribution in [0.5, 0.6) is 0 Å². The summed E-state index contributed by atoms with van der Waals surface area (Å²) in [7, 11) is -1.90. The SMILES string of the molecule is Cn1cc(NS(=O)(=O)c2cc(Cl)c(Br)s2)cn1. The second kappa shape index (κ2) is 4.60. The Morgan fingerprint density at radius 1 is 1.59 bits per heavy atom. The Labute approximate surface area is 116 Å². The van der Waals surface area contributed by atoms with Crippen LogP contribution in [0.15, 0.2) is 26.5 Å². The Hall–Kier alpha value is -0.570. The number of nitrogens with one attached hydrogen (secondary N) is 1. The Kier molecular flexibility index (Phi) is 3.48. The molecule has 0 spiro atoms. The van der Waals surface area contributed by atoms with Crippen molar-refractivity contribution in [1.82, 2.24) is 9.78 Å². The van der Waals surface area contributed by atoms with E-state index in [1.54, 1.807) is 13.2 Å². The molecule has 0 aliphatic carbocycles. The number of aryl methyl sites for hydroxylation is 1. The molecule has 1 N–H and O–H groups in total. The molecule has 0 radical (unpaired) electrons. The Balaban J connectivity index is 2.31. The summed E-state index contributed by atoms with van der Waals surface area (Å²) in [5.41, 5.74) is 0.410. The zero-order valence-corrected chi connectivity index (χ0v) is 12.5. The van der Waals surface area contributed by atoms with E-state index in [1.165, 1.54) is 16.9 Å². The van der Waals surface area contributed by atoms with Crippen molar-refractivity contribution in [2.24, 2.45) is 7.05 Å². The Morgan fingerprint density at radius 3 is 2.76 bits per heavy atom.